The summed E-state index contributed by atoms with van der Waals surface area (Å²) in [6, 6.07) is 5.24. The van der Waals surface area contributed by atoms with Gasteiger partial charge in [0.15, 0.2) is 0 Å². The fourth-order valence-electron chi connectivity index (χ4n) is 3.29. The van der Waals surface area contributed by atoms with E-state index in [9.17, 15) is 14.0 Å². The monoisotopic (exact) mass is 334 g/mol. The molecule has 0 aliphatic carbocycles. The molecule has 2 aliphatic rings. The number of benzene rings is 1. The predicted molar refractivity (Wildman–Crippen MR) is 89.1 cm³/mol. The Hall–Kier alpha value is -2.15. The third-order valence-corrected chi connectivity index (χ3v) is 4.63. The molecule has 0 bridgehead atoms. The lowest BCUT2D eigenvalue weighted by Crippen LogP contribution is -2.43. The van der Waals surface area contributed by atoms with Crippen molar-refractivity contribution in [2.24, 2.45) is 5.92 Å². The van der Waals surface area contributed by atoms with Crippen molar-refractivity contribution in [2.45, 2.75) is 25.3 Å². The van der Waals surface area contributed by atoms with E-state index in [1.54, 1.807) is 0 Å². The summed E-state index contributed by atoms with van der Waals surface area (Å²) in [5.41, 5.74) is 0.537. The normalized spacial score (nSPS) is 21.5. The molecular weight excluding hydrogens is 311 g/mol. The van der Waals surface area contributed by atoms with Crippen LogP contribution in [0.25, 0.3) is 0 Å². The van der Waals surface area contributed by atoms with Crippen molar-refractivity contribution in [3.8, 4) is 0 Å². The number of piperidine rings is 1. The molecule has 6 nitrogen and oxygen atoms in total. The van der Waals surface area contributed by atoms with Crippen LogP contribution in [-0.2, 0) is 4.79 Å². The molecule has 24 heavy (non-hydrogen) atoms. The number of nitrogens with zero attached hydrogens (tertiary/aromatic N) is 1. The quantitative estimate of drug-likeness (QED) is 0.785. The Morgan fingerprint density at radius 1 is 1.12 bits per heavy atom. The van der Waals surface area contributed by atoms with Crippen LogP contribution in [0.15, 0.2) is 24.3 Å². The molecule has 2 aliphatic heterocycles. The molecule has 3 amide bonds. The average Bonchev–Trinajstić information content (AvgIpc) is 3.05. The average molecular weight is 334 g/mol. The molecule has 0 radical (unpaired) electrons. The van der Waals surface area contributed by atoms with Crippen molar-refractivity contribution in [2.75, 3.05) is 31.5 Å². The highest BCUT2D eigenvalue weighted by atomic mass is 19.1. The highest BCUT2D eigenvalue weighted by Crippen LogP contribution is 2.19. The fourth-order valence-corrected chi connectivity index (χ4v) is 3.29. The zero-order valence-corrected chi connectivity index (χ0v) is 13.6. The van der Waals surface area contributed by atoms with E-state index in [0.29, 0.717) is 18.8 Å². The zero-order valence-electron chi connectivity index (χ0n) is 13.6. The summed E-state index contributed by atoms with van der Waals surface area (Å²) >= 11 is 0. The van der Waals surface area contributed by atoms with Gasteiger partial charge in [-0.15, -0.1) is 0 Å². The largest absolute Gasteiger partial charge is 0.340 e. The first-order chi connectivity index (χ1) is 11.6. The Morgan fingerprint density at radius 3 is 2.54 bits per heavy atom. The van der Waals surface area contributed by atoms with Crippen LogP contribution in [0, 0.1) is 11.7 Å². The van der Waals surface area contributed by atoms with E-state index < -0.39 is 0 Å². The predicted octanol–water partition coefficient (Wildman–Crippen LogP) is 1.55. The van der Waals surface area contributed by atoms with E-state index >= 15 is 0 Å². The van der Waals surface area contributed by atoms with E-state index in [4.69, 9.17) is 0 Å². The standard InChI is InChI=1S/C17H23FN4O2/c18-13-1-3-14(4-2-13)20-17(24)21-15-7-10-22(11-15)16(23)12-5-8-19-9-6-12/h1-4,12,15,19H,5-11H2,(H2,20,21,24). The third kappa shape index (κ3) is 4.23. The first kappa shape index (κ1) is 16.7. The number of amides is 3. The van der Waals surface area contributed by atoms with Crippen LogP contribution in [0.1, 0.15) is 19.3 Å². The molecule has 1 atom stereocenters. The van der Waals surface area contributed by atoms with Crippen molar-refractivity contribution in [1.82, 2.24) is 15.5 Å². The molecule has 1 aromatic carbocycles. The van der Waals surface area contributed by atoms with Crippen molar-refractivity contribution < 1.29 is 14.0 Å². The van der Waals surface area contributed by atoms with Gasteiger partial charge < -0.3 is 20.9 Å². The molecule has 0 spiro atoms. The van der Waals surface area contributed by atoms with E-state index in [0.717, 1.165) is 32.4 Å². The molecule has 0 aromatic heterocycles. The zero-order chi connectivity index (χ0) is 16.9. The number of hydrogen-bond donors (Lipinski definition) is 3. The van der Waals surface area contributed by atoms with Gasteiger partial charge in [0.25, 0.3) is 0 Å². The number of urea groups is 1. The molecule has 2 fully saturated rings. The van der Waals surface area contributed by atoms with Crippen LogP contribution in [0.4, 0.5) is 14.9 Å². The number of likely N-dealkylation sites (tertiary alicyclic amines) is 1. The number of carbonyl (C=O) groups is 2. The van der Waals surface area contributed by atoms with Crippen molar-refractivity contribution in [3.05, 3.63) is 30.1 Å². The van der Waals surface area contributed by atoms with Gasteiger partial charge in [-0.05, 0) is 56.6 Å². The van der Waals surface area contributed by atoms with Crippen LogP contribution in [-0.4, -0.2) is 49.1 Å². The molecule has 0 saturated carbocycles. The van der Waals surface area contributed by atoms with Crippen molar-refractivity contribution >= 4 is 17.6 Å². The minimum absolute atomic E-state index is 0.0453. The molecule has 3 N–H and O–H groups in total. The Morgan fingerprint density at radius 2 is 1.83 bits per heavy atom. The van der Waals surface area contributed by atoms with E-state index in [2.05, 4.69) is 16.0 Å². The second-order valence-corrected chi connectivity index (χ2v) is 6.40. The maximum absolute atomic E-state index is 12.9. The Labute approximate surface area is 140 Å². The van der Waals surface area contributed by atoms with E-state index in [1.807, 2.05) is 4.90 Å². The summed E-state index contributed by atoms with van der Waals surface area (Å²) in [6.07, 6.45) is 2.53. The topological polar surface area (TPSA) is 73.5 Å². The van der Waals surface area contributed by atoms with Crippen molar-refractivity contribution in [1.29, 1.82) is 0 Å². The summed E-state index contributed by atoms with van der Waals surface area (Å²) in [5.74, 6) is -0.0263. The number of anilines is 1. The molecule has 3 rings (SSSR count). The minimum atomic E-state index is -0.344. The van der Waals surface area contributed by atoms with Crippen molar-refractivity contribution in [3.63, 3.8) is 0 Å². The van der Waals surface area contributed by atoms with Gasteiger partial charge >= 0.3 is 6.03 Å². The number of hydrogen-bond acceptors (Lipinski definition) is 3. The lowest BCUT2D eigenvalue weighted by molar-refractivity contribution is -0.135. The highest BCUT2D eigenvalue weighted by Gasteiger charge is 2.32. The molecule has 2 saturated heterocycles. The van der Waals surface area contributed by atoms with Crippen LogP contribution in [0.2, 0.25) is 0 Å². The Kier molecular flexibility index (Phi) is 5.30. The van der Waals surface area contributed by atoms with E-state index in [1.165, 1.54) is 24.3 Å². The fraction of sp³-hybridized carbons (Fsp3) is 0.529. The molecule has 2 heterocycles. The number of rotatable bonds is 3. The summed E-state index contributed by atoms with van der Waals surface area (Å²) < 4.78 is 12.9. The van der Waals surface area contributed by atoms with Gasteiger partial charge in [-0.2, -0.15) is 0 Å². The van der Waals surface area contributed by atoms with Gasteiger partial charge in [0.1, 0.15) is 5.82 Å². The van der Waals surface area contributed by atoms with Crippen LogP contribution in [0.5, 0.6) is 0 Å². The van der Waals surface area contributed by atoms with Gasteiger partial charge in [-0.3, -0.25) is 4.79 Å². The third-order valence-electron chi connectivity index (χ3n) is 4.63. The molecule has 1 unspecified atom stereocenters. The van der Waals surface area contributed by atoms with Crippen LogP contribution < -0.4 is 16.0 Å². The number of nitrogens with one attached hydrogen (secondary N) is 3. The maximum Gasteiger partial charge on any atom is 0.319 e. The van der Waals surface area contributed by atoms with Gasteiger partial charge in [0.05, 0.1) is 0 Å². The summed E-state index contributed by atoms with van der Waals surface area (Å²) in [5, 5.41) is 8.82. The van der Waals surface area contributed by atoms with Crippen LogP contribution in [0.3, 0.4) is 0 Å². The molecular formula is C17H23FN4O2. The Balaban J connectivity index is 1.46. The maximum atomic E-state index is 12.9. The lowest BCUT2D eigenvalue weighted by atomic mass is 9.97. The highest BCUT2D eigenvalue weighted by molar-refractivity contribution is 5.89. The Bertz CT molecular complexity index is 587. The molecule has 7 heteroatoms. The van der Waals surface area contributed by atoms with Gasteiger partial charge in [0, 0.05) is 30.7 Å². The van der Waals surface area contributed by atoms with Gasteiger partial charge in [0.2, 0.25) is 5.91 Å². The SMILES string of the molecule is O=C(Nc1ccc(F)cc1)NC1CCN(C(=O)C2CCNCC2)C1. The minimum Gasteiger partial charge on any atom is -0.340 e. The van der Waals surface area contributed by atoms with Crippen LogP contribution >= 0.6 is 0 Å². The van der Waals surface area contributed by atoms with E-state index in [-0.39, 0.29) is 29.7 Å². The summed E-state index contributed by atoms with van der Waals surface area (Å²) in [6.45, 7) is 3.03. The summed E-state index contributed by atoms with van der Waals surface area (Å²) in [4.78, 5) is 26.4. The van der Waals surface area contributed by atoms with Gasteiger partial charge in [-0.1, -0.05) is 0 Å². The summed E-state index contributed by atoms with van der Waals surface area (Å²) in [7, 11) is 0. The second-order valence-electron chi connectivity index (χ2n) is 6.40. The lowest BCUT2D eigenvalue weighted by Gasteiger charge is -2.26. The molecule has 130 valence electrons. The smallest absolute Gasteiger partial charge is 0.319 e. The number of carbonyl (C=O) groups excluding carboxylic acids is 2. The first-order valence-electron chi connectivity index (χ1n) is 8.44. The molecule has 1 aromatic rings. The second kappa shape index (κ2) is 7.61. The van der Waals surface area contributed by atoms with Gasteiger partial charge in [-0.25, -0.2) is 9.18 Å². The first-order valence-corrected chi connectivity index (χ1v) is 8.44. The number of halogens is 1.